The quantitative estimate of drug-likeness (QED) is 0.798. The molecule has 0 heterocycles. The third kappa shape index (κ3) is 5.10. The minimum absolute atomic E-state index is 0.120. The molecule has 0 atom stereocenters. The summed E-state index contributed by atoms with van der Waals surface area (Å²) in [7, 11) is -3.59. The molecule has 0 saturated carbocycles. The lowest BCUT2D eigenvalue weighted by molar-refractivity contribution is 0.0755. The van der Waals surface area contributed by atoms with Gasteiger partial charge in [-0.25, -0.2) is 13.1 Å². The number of amides is 1. The molecule has 0 fully saturated rings. The standard InChI is InChI=1S/C16H26N2O3S/c1-5-10-18(11-6-2)16(19)14-8-7-9-15(12-14)22(20,21)17-13(3)4/h7-9,12-13,17H,5-6,10-11H2,1-4H3. The zero-order valence-electron chi connectivity index (χ0n) is 13.8. The Bertz CT molecular complexity index is 591. The molecule has 0 radical (unpaired) electrons. The Morgan fingerprint density at radius 3 is 2.27 bits per heavy atom. The maximum absolute atomic E-state index is 12.5. The number of carbonyl (C=O) groups is 1. The summed E-state index contributed by atoms with van der Waals surface area (Å²) < 4.78 is 26.9. The Hall–Kier alpha value is -1.40. The predicted molar refractivity (Wildman–Crippen MR) is 88.4 cm³/mol. The van der Waals surface area contributed by atoms with Gasteiger partial charge in [-0.15, -0.1) is 0 Å². The Balaban J connectivity index is 3.07. The van der Waals surface area contributed by atoms with Crippen LogP contribution in [0.5, 0.6) is 0 Å². The monoisotopic (exact) mass is 326 g/mol. The van der Waals surface area contributed by atoms with Crippen molar-refractivity contribution < 1.29 is 13.2 Å². The molecular weight excluding hydrogens is 300 g/mol. The zero-order valence-corrected chi connectivity index (χ0v) is 14.6. The van der Waals surface area contributed by atoms with E-state index in [9.17, 15) is 13.2 Å². The largest absolute Gasteiger partial charge is 0.339 e. The molecular formula is C16H26N2O3S. The highest BCUT2D eigenvalue weighted by Gasteiger charge is 2.19. The number of nitrogens with one attached hydrogen (secondary N) is 1. The normalized spacial score (nSPS) is 11.7. The van der Waals surface area contributed by atoms with Gasteiger partial charge in [0.1, 0.15) is 0 Å². The summed E-state index contributed by atoms with van der Waals surface area (Å²) in [5, 5.41) is 0. The molecule has 0 unspecified atom stereocenters. The lowest BCUT2D eigenvalue weighted by Crippen LogP contribution is -2.33. The van der Waals surface area contributed by atoms with Crippen molar-refractivity contribution in [2.45, 2.75) is 51.5 Å². The van der Waals surface area contributed by atoms with Crippen LogP contribution in [0.3, 0.4) is 0 Å². The summed E-state index contributed by atoms with van der Waals surface area (Å²) >= 11 is 0. The molecule has 124 valence electrons. The maximum Gasteiger partial charge on any atom is 0.253 e. The van der Waals surface area contributed by atoms with Crippen LogP contribution in [0, 0.1) is 0 Å². The maximum atomic E-state index is 12.5. The fourth-order valence-corrected chi connectivity index (χ4v) is 3.51. The SMILES string of the molecule is CCCN(CCC)C(=O)c1cccc(S(=O)(=O)NC(C)C)c1. The van der Waals surface area contributed by atoms with Crippen LogP contribution in [-0.4, -0.2) is 38.4 Å². The van der Waals surface area contributed by atoms with Gasteiger partial charge in [-0.1, -0.05) is 19.9 Å². The van der Waals surface area contributed by atoms with Crippen molar-refractivity contribution in [3.8, 4) is 0 Å². The lowest BCUT2D eigenvalue weighted by Gasteiger charge is -2.21. The van der Waals surface area contributed by atoms with Crippen molar-refractivity contribution in [3.63, 3.8) is 0 Å². The molecule has 0 aliphatic rings. The highest BCUT2D eigenvalue weighted by molar-refractivity contribution is 7.89. The van der Waals surface area contributed by atoms with E-state index in [1.807, 2.05) is 13.8 Å². The van der Waals surface area contributed by atoms with Gasteiger partial charge >= 0.3 is 0 Å². The third-order valence-electron chi connectivity index (χ3n) is 3.06. The molecule has 0 bridgehead atoms. The molecule has 1 aromatic carbocycles. The average Bonchev–Trinajstić information content (AvgIpc) is 2.45. The van der Waals surface area contributed by atoms with Crippen molar-refractivity contribution in [2.24, 2.45) is 0 Å². The minimum Gasteiger partial charge on any atom is -0.339 e. The summed E-state index contributed by atoms with van der Waals surface area (Å²) in [6.07, 6.45) is 1.75. The summed E-state index contributed by atoms with van der Waals surface area (Å²) in [5.74, 6) is -0.120. The first kappa shape index (κ1) is 18.6. The van der Waals surface area contributed by atoms with Crippen LogP contribution >= 0.6 is 0 Å². The van der Waals surface area contributed by atoms with Gasteiger partial charge in [-0.3, -0.25) is 4.79 Å². The fraction of sp³-hybridized carbons (Fsp3) is 0.562. The predicted octanol–water partition coefficient (Wildman–Crippen LogP) is 2.64. The van der Waals surface area contributed by atoms with Crippen LogP contribution in [0.25, 0.3) is 0 Å². The van der Waals surface area contributed by atoms with Crippen LogP contribution in [0.1, 0.15) is 50.9 Å². The van der Waals surface area contributed by atoms with Gasteiger partial charge in [0.05, 0.1) is 4.90 Å². The highest BCUT2D eigenvalue weighted by atomic mass is 32.2. The second kappa shape index (κ2) is 8.29. The number of hydrogen-bond donors (Lipinski definition) is 1. The minimum atomic E-state index is -3.59. The molecule has 0 aromatic heterocycles. The number of rotatable bonds is 8. The Labute approximate surface area is 133 Å². The molecule has 1 amide bonds. The van der Waals surface area contributed by atoms with Crippen molar-refractivity contribution in [1.29, 1.82) is 0 Å². The van der Waals surface area contributed by atoms with E-state index in [2.05, 4.69) is 4.72 Å². The van der Waals surface area contributed by atoms with E-state index in [4.69, 9.17) is 0 Å². The van der Waals surface area contributed by atoms with Gasteiger partial charge in [0.15, 0.2) is 0 Å². The first-order chi connectivity index (χ1) is 10.3. The van der Waals surface area contributed by atoms with Gasteiger partial charge in [-0.05, 0) is 44.9 Å². The van der Waals surface area contributed by atoms with E-state index < -0.39 is 10.0 Å². The lowest BCUT2D eigenvalue weighted by atomic mass is 10.2. The molecule has 0 spiro atoms. The summed E-state index contributed by atoms with van der Waals surface area (Å²) in [6, 6.07) is 6.03. The van der Waals surface area contributed by atoms with Gasteiger partial charge in [0.25, 0.3) is 5.91 Å². The Morgan fingerprint density at radius 1 is 1.18 bits per heavy atom. The van der Waals surface area contributed by atoms with E-state index >= 15 is 0 Å². The van der Waals surface area contributed by atoms with E-state index in [1.54, 1.807) is 30.9 Å². The van der Waals surface area contributed by atoms with E-state index in [1.165, 1.54) is 12.1 Å². The molecule has 22 heavy (non-hydrogen) atoms. The van der Waals surface area contributed by atoms with Crippen LogP contribution in [0.15, 0.2) is 29.2 Å². The first-order valence-electron chi connectivity index (χ1n) is 7.73. The number of hydrogen-bond acceptors (Lipinski definition) is 3. The van der Waals surface area contributed by atoms with Crippen molar-refractivity contribution >= 4 is 15.9 Å². The van der Waals surface area contributed by atoms with Crippen molar-refractivity contribution in [3.05, 3.63) is 29.8 Å². The molecule has 1 aromatic rings. The average molecular weight is 326 g/mol. The van der Waals surface area contributed by atoms with Gasteiger partial charge < -0.3 is 4.90 Å². The number of carbonyl (C=O) groups excluding carboxylic acids is 1. The smallest absolute Gasteiger partial charge is 0.253 e. The second-order valence-electron chi connectivity index (χ2n) is 5.60. The summed E-state index contributed by atoms with van der Waals surface area (Å²) in [4.78, 5) is 14.4. The fourth-order valence-electron chi connectivity index (χ4n) is 2.21. The number of benzene rings is 1. The Morgan fingerprint density at radius 2 is 1.77 bits per heavy atom. The molecule has 1 N–H and O–H groups in total. The number of nitrogens with zero attached hydrogens (tertiary/aromatic N) is 1. The number of sulfonamides is 1. The zero-order chi connectivity index (χ0) is 16.8. The third-order valence-corrected chi connectivity index (χ3v) is 4.71. The van der Waals surface area contributed by atoms with Crippen LogP contribution in [0.2, 0.25) is 0 Å². The second-order valence-corrected chi connectivity index (χ2v) is 7.31. The van der Waals surface area contributed by atoms with Gasteiger partial charge in [-0.2, -0.15) is 0 Å². The topological polar surface area (TPSA) is 66.5 Å². The van der Waals surface area contributed by atoms with Crippen LogP contribution < -0.4 is 4.72 Å². The van der Waals surface area contributed by atoms with Crippen LogP contribution in [0.4, 0.5) is 0 Å². The summed E-state index contributed by atoms with van der Waals surface area (Å²) in [6.45, 7) is 8.90. The molecule has 5 nitrogen and oxygen atoms in total. The van der Waals surface area contributed by atoms with Gasteiger partial charge in [0.2, 0.25) is 10.0 Å². The molecule has 0 saturated heterocycles. The van der Waals surface area contributed by atoms with Crippen molar-refractivity contribution in [1.82, 2.24) is 9.62 Å². The van der Waals surface area contributed by atoms with Gasteiger partial charge in [0, 0.05) is 24.7 Å². The van der Waals surface area contributed by atoms with E-state index in [0.717, 1.165) is 12.8 Å². The van der Waals surface area contributed by atoms with E-state index in [-0.39, 0.29) is 16.8 Å². The first-order valence-corrected chi connectivity index (χ1v) is 9.21. The molecule has 1 rings (SSSR count). The molecule has 0 aliphatic heterocycles. The Kier molecular flexibility index (Phi) is 7.03. The molecule has 0 aliphatic carbocycles. The van der Waals surface area contributed by atoms with Crippen LogP contribution in [-0.2, 0) is 10.0 Å². The van der Waals surface area contributed by atoms with E-state index in [0.29, 0.717) is 18.7 Å². The summed E-state index contributed by atoms with van der Waals surface area (Å²) in [5.41, 5.74) is 0.411. The molecule has 6 heteroatoms. The van der Waals surface area contributed by atoms with Crippen molar-refractivity contribution in [2.75, 3.05) is 13.1 Å². The highest BCUT2D eigenvalue weighted by Crippen LogP contribution is 2.14.